The summed E-state index contributed by atoms with van der Waals surface area (Å²) in [6.07, 6.45) is 1.46. The average molecular weight is 427 g/mol. The predicted molar refractivity (Wildman–Crippen MR) is 115 cm³/mol. The third kappa shape index (κ3) is 4.19. The molecule has 0 atom stereocenters. The second-order valence-electron chi connectivity index (χ2n) is 6.78. The Bertz CT molecular complexity index is 1180. The van der Waals surface area contributed by atoms with Crippen molar-refractivity contribution in [3.8, 4) is 11.4 Å². The van der Waals surface area contributed by atoms with Crippen LogP contribution in [0.15, 0.2) is 60.7 Å². The fourth-order valence-electron chi connectivity index (χ4n) is 3.31. The van der Waals surface area contributed by atoms with E-state index in [0.717, 1.165) is 11.0 Å². The number of nitrogens with zero attached hydrogens (tertiary/aromatic N) is 1. The van der Waals surface area contributed by atoms with E-state index in [0.29, 0.717) is 51.8 Å². The number of ketones is 1. The summed E-state index contributed by atoms with van der Waals surface area (Å²) in [5.41, 5.74) is 3.30. The molecule has 0 spiro atoms. The number of carbonyl (C=O) groups excluding carboxylic acids is 1. The highest BCUT2D eigenvalue weighted by Gasteiger charge is 2.14. The second-order valence-corrected chi connectivity index (χ2v) is 7.60. The number of carbonyl (C=O) groups is 1. The largest absolute Gasteiger partial charge is 0.338 e. The van der Waals surface area contributed by atoms with Gasteiger partial charge in [-0.05, 0) is 54.8 Å². The zero-order valence-corrected chi connectivity index (χ0v) is 16.9. The Balaban J connectivity index is 1.51. The van der Waals surface area contributed by atoms with E-state index in [-0.39, 0.29) is 11.6 Å². The van der Waals surface area contributed by atoms with Gasteiger partial charge in [0.2, 0.25) is 0 Å². The van der Waals surface area contributed by atoms with Gasteiger partial charge in [0.15, 0.2) is 5.78 Å². The normalized spacial score (nSPS) is 11.1. The van der Waals surface area contributed by atoms with Gasteiger partial charge in [0.1, 0.15) is 11.6 Å². The highest BCUT2D eigenvalue weighted by molar-refractivity contribution is 6.39. The number of rotatable bonds is 6. The lowest BCUT2D eigenvalue weighted by Crippen LogP contribution is -2.00. The quantitative estimate of drug-likeness (QED) is 0.341. The molecule has 6 heteroatoms. The van der Waals surface area contributed by atoms with Crippen LogP contribution >= 0.6 is 23.2 Å². The number of imidazole rings is 1. The van der Waals surface area contributed by atoms with Gasteiger partial charge >= 0.3 is 0 Å². The molecule has 1 aromatic heterocycles. The number of halogens is 3. The van der Waals surface area contributed by atoms with Crippen molar-refractivity contribution in [2.75, 3.05) is 0 Å². The lowest BCUT2D eigenvalue weighted by Gasteiger charge is -2.03. The third-order valence-corrected chi connectivity index (χ3v) is 5.44. The summed E-state index contributed by atoms with van der Waals surface area (Å²) in [5.74, 6) is 0.333. The molecule has 0 aliphatic rings. The molecule has 4 aromatic rings. The number of Topliss-reactive ketones (excluding diaryl/α,β-unsaturated/α-hetero) is 1. The van der Waals surface area contributed by atoms with Gasteiger partial charge in [-0.3, -0.25) is 4.79 Å². The molecule has 1 heterocycles. The van der Waals surface area contributed by atoms with Crippen molar-refractivity contribution in [2.24, 2.45) is 0 Å². The zero-order valence-electron chi connectivity index (χ0n) is 15.4. The summed E-state index contributed by atoms with van der Waals surface area (Å²) in [7, 11) is 0. The summed E-state index contributed by atoms with van der Waals surface area (Å²) in [4.78, 5) is 20.3. The number of aromatic amines is 1. The van der Waals surface area contributed by atoms with E-state index in [2.05, 4.69) is 9.97 Å². The minimum Gasteiger partial charge on any atom is -0.338 e. The first-order valence-corrected chi connectivity index (χ1v) is 9.99. The maximum absolute atomic E-state index is 13.7. The van der Waals surface area contributed by atoms with Crippen LogP contribution in [0, 0.1) is 5.82 Å². The molecule has 29 heavy (non-hydrogen) atoms. The Morgan fingerprint density at radius 3 is 2.52 bits per heavy atom. The molecular formula is C23H17Cl2FN2O. The average Bonchev–Trinajstić information content (AvgIpc) is 3.12. The van der Waals surface area contributed by atoms with Crippen LogP contribution in [0.2, 0.25) is 10.0 Å². The summed E-state index contributed by atoms with van der Waals surface area (Å²) in [6, 6.07) is 17.3. The lowest BCUT2D eigenvalue weighted by molar-refractivity contribution is 0.0980. The fraction of sp³-hybridized carbons (Fsp3) is 0.130. The maximum Gasteiger partial charge on any atom is 0.162 e. The molecule has 0 saturated heterocycles. The minimum absolute atomic E-state index is 0.00941. The van der Waals surface area contributed by atoms with Gasteiger partial charge in [-0.25, -0.2) is 9.37 Å². The van der Waals surface area contributed by atoms with E-state index in [1.807, 2.05) is 0 Å². The van der Waals surface area contributed by atoms with Gasteiger partial charge in [0.25, 0.3) is 0 Å². The smallest absolute Gasteiger partial charge is 0.162 e. The van der Waals surface area contributed by atoms with Crippen molar-refractivity contribution in [3.05, 3.63) is 87.7 Å². The molecule has 0 amide bonds. The second kappa shape index (κ2) is 8.36. The molecular weight excluding hydrogens is 410 g/mol. The van der Waals surface area contributed by atoms with Gasteiger partial charge in [0.05, 0.1) is 26.6 Å². The molecule has 0 aliphatic heterocycles. The van der Waals surface area contributed by atoms with Crippen LogP contribution in [0.4, 0.5) is 4.39 Å². The van der Waals surface area contributed by atoms with Crippen LogP contribution in [-0.2, 0) is 6.42 Å². The molecule has 0 unspecified atom stereocenters. The summed E-state index contributed by atoms with van der Waals surface area (Å²) < 4.78 is 13.7. The van der Waals surface area contributed by atoms with E-state index in [1.165, 1.54) is 6.07 Å². The van der Waals surface area contributed by atoms with Crippen LogP contribution in [-0.4, -0.2) is 15.8 Å². The first kappa shape index (κ1) is 19.6. The number of fused-ring (bicyclic) bond motifs is 1. The number of benzene rings is 3. The molecule has 1 N–H and O–H groups in total. The van der Waals surface area contributed by atoms with Gasteiger partial charge in [0, 0.05) is 12.0 Å². The lowest BCUT2D eigenvalue weighted by atomic mass is 10.0. The van der Waals surface area contributed by atoms with Crippen molar-refractivity contribution < 1.29 is 9.18 Å². The van der Waals surface area contributed by atoms with Crippen LogP contribution < -0.4 is 0 Å². The number of hydrogen-bond acceptors (Lipinski definition) is 2. The molecule has 4 rings (SSSR count). The van der Waals surface area contributed by atoms with Crippen LogP contribution in [0.3, 0.4) is 0 Å². The fourth-order valence-corrected chi connectivity index (χ4v) is 3.89. The molecule has 0 fully saturated rings. The Hall–Kier alpha value is -2.69. The van der Waals surface area contributed by atoms with E-state index < -0.39 is 0 Å². The Morgan fingerprint density at radius 2 is 1.76 bits per heavy atom. The SMILES string of the molecule is O=C(CCCc1ccccc1F)c1ccc2nc(-c3c(Cl)cccc3Cl)[nH]c2c1. The van der Waals surface area contributed by atoms with Crippen molar-refractivity contribution in [2.45, 2.75) is 19.3 Å². The van der Waals surface area contributed by atoms with E-state index in [4.69, 9.17) is 23.2 Å². The van der Waals surface area contributed by atoms with Crippen LogP contribution in [0.1, 0.15) is 28.8 Å². The standard InChI is InChI=1S/C23H17Cl2FN2O/c24-16-7-4-8-17(25)22(16)23-27-19-12-11-15(13-20(19)28-23)21(29)10-3-6-14-5-1-2-9-18(14)26/h1-2,4-5,7-9,11-13H,3,6,10H2,(H,27,28). The molecule has 3 nitrogen and oxygen atoms in total. The molecule has 0 saturated carbocycles. The van der Waals surface area contributed by atoms with Crippen molar-refractivity contribution in [1.29, 1.82) is 0 Å². The van der Waals surface area contributed by atoms with Crippen LogP contribution in [0.25, 0.3) is 22.4 Å². The van der Waals surface area contributed by atoms with Gasteiger partial charge in [-0.2, -0.15) is 0 Å². The number of hydrogen-bond donors (Lipinski definition) is 1. The monoisotopic (exact) mass is 426 g/mol. The summed E-state index contributed by atoms with van der Waals surface area (Å²) >= 11 is 12.5. The zero-order chi connectivity index (χ0) is 20.4. The first-order chi connectivity index (χ1) is 14.0. The maximum atomic E-state index is 13.7. The molecule has 3 aromatic carbocycles. The molecule has 0 bridgehead atoms. The van der Waals surface area contributed by atoms with E-state index in [1.54, 1.807) is 54.6 Å². The topological polar surface area (TPSA) is 45.8 Å². The number of aryl methyl sites for hydroxylation is 1. The van der Waals surface area contributed by atoms with Crippen molar-refractivity contribution in [3.63, 3.8) is 0 Å². The highest BCUT2D eigenvalue weighted by Crippen LogP contribution is 2.34. The van der Waals surface area contributed by atoms with Crippen molar-refractivity contribution >= 4 is 40.0 Å². The third-order valence-electron chi connectivity index (χ3n) is 4.81. The van der Waals surface area contributed by atoms with Crippen molar-refractivity contribution in [1.82, 2.24) is 9.97 Å². The van der Waals surface area contributed by atoms with Crippen LogP contribution in [0.5, 0.6) is 0 Å². The Morgan fingerprint density at radius 1 is 1.00 bits per heavy atom. The molecule has 0 radical (unpaired) electrons. The Kier molecular flexibility index (Phi) is 5.65. The van der Waals surface area contributed by atoms with Gasteiger partial charge in [-0.1, -0.05) is 47.5 Å². The molecule has 0 aliphatic carbocycles. The van der Waals surface area contributed by atoms with Gasteiger partial charge < -0.3 is 4.98 Å². The number of aromatic nitrogens is 2. The minimum atomic E-state index is -0.232. The summed E-state index contributed by atoms with van der Waals surface area (Å²) in [5, 5.41) is 1.00. The van der Waals surface area contributed by atoms with E-state index in [9.17, 15) is 9.18 Å². The Labute approximate surface area is 177 Å². The predicted octanol–water partition coefficient (Wildman–Crippen LogP) is 6.88. The molecule has 146 valence electrons. The number of H-pyrrole nitrogens is 1. The first-order valence-electron chi connectivity index (χ1n) is 9.23. The van der Waals surface area contributed by atoms with E-state index >= 15 is 0 Å². The van der Waals surface area contributed by atoms with Gasteiger partial charge in [-0.15, -0.1) is 0 Å². The highest BCUT2D eigenvalue weighted by atomic mass is 35.5. The number of nitrogens with one attached hydrogen (secondary N) is 1. The summed E-state index contributed by atoms with van der Waals surface area (Å²) in [6.45, 7) is 0.